The van der Waals surface area contributed by atoms with Crippen molar-refractivity contribution in [3.63, 3.8) is 0 Å². The predicted molar refractivity (Wildman–Crippen MR) is 120 cm³/mol. The van der Waals surface area contributed by atoms with Gasteiger partial charge in [0.1, 0.15) is 11.5 Å². The summed E-state index contributed by atoms with van der Waals surface area (Å²) in [5.41, 5.74) is 2.54. The molecule has 168 valence electrons. The van der Waals surface area contributed by atoms with Gasteiger partial charge in [0, 0.05) is 18.2 Å². The van der Waals surface area contributed by atoms with Gasteiger partial charge in [-0.15, -0.1) is 0 Å². The molecule has 3 unspecified atom stereocenters. The number of hydrogen-bond donors (Lipinski definition) is 1. The van der Waals surface area contributed by atoms with E-state index >= 15 is 0 Å². The van der Waals surface area contributed by atoms with Crippen molar-refractivity contribution in [2.75, 3.05) is 7.11 Å². The molecular formula is C26H24N2O5. The van der Waals surface area contributed by atoms with Crippen LogP contribution in [-0.2, 0) is 27.5 Å². The van der Waals surface area contributed by atoms with Crippen LogP contribution in [0.25, 0.3) is 0 Å². The number of imide groups is 1. The molecule has 0 spiro atoms. The Morgan fingerprint density at radius 3 is 2.15 bits per heavy atom. The van der Waals surface area contributed by atoms with E-state index in [0.717, 1.165) is 11.1 Å². The first kappa shape index (κ1) is 21.2. The molecule has 0 aliphatic carbocycles. The fraction of sp³-hybridized carbons (Fsp3) is 0.231. The highest BCUT2D eigenvalue weighted by Gasteiger charge is 2.59. The van der Waals surface area contributed by atoms with Crippen LogP contribution in [-0.4, -0.2) is 40.1 Å². The van der Waals surface area contributed by atoms with Crippen molar-refractivity contribution in [2.45, 2.75) is 25.2 Å². The van der Waals surface area contributed by atoms with E-state index < -0.39 is 18.1 Å². The molecule has 7 heteroatoms. The Bertz CT molecular complexity index is 1170. The Hall–Kier alpha value is -3.68. The van der Waals surface area contributed by atoms with Gasteiger partial charge in [0.15, 0.2) is 6.10 Å². The molecule has 1 N–H and O–H groups in total. The third-order valence-electron chi connectivity index (χ3n) is 6.19. The van der Waals surface area contributed by atoms with Gasteiger partial charge in [-0.2, -0.15) is 5.06 Å². The second-order valence-corrected chi connectivity index (χ2v) is 8.23. The lowest BCUT2D eigenvalue weighted by Gasteiger charge is -2.28. The SMILES string of the molecule is COc1cc(O)ccc1C1C2C(=O)N(Cc3ccccc3)C(=O)C2ON1Cc1ccccc1. The smallest absolute Gasteiger partial charge is 0.261 e. The Balaban J connectivity index is 1.52. The Labute approximate surface area is 191 Å². The molecule has 2 aliphatic heterocycles. The average Bonchev–Trinajstić information content (AvgIpc) is 3.31. The monoisotopic (exact) mass is 444 g/mol. The fourth-order valence-electron chi connectivity index (χ4n) is 4.64. The maximum atomic E-state index is 13.6. The summed E-state index contributed by atoms with van der Waals surface area (Å²) in [5.74, 6) is -0.843. The number of phenolic OH excluding ortho intramolecular Hbond substituents is 1. The summed E-state index contributed by atoms with van der Waals surface area (Å²) in [6.07, 6.45) is -0.909. The number of aromatic hydroxyl groups is 1. The summed E-state index contributed by atoms with van der Waals surface area (Å²) in [4.78, 5) is 34.2. The lowest BCUT2D eigenvalue weighted by molar-refractivity contribution is -0.184. The molecule has 0 aromatic heterocycles. The number of hydrogen-bond acceptors (Lipinski definition) is 6. The number of hydroxylamine groups is 2. The third-order valence-corrected chi connectivity index (χ3v) is 6.19. The first-order chi connectivity index (χ1) is 16.1. The standard InChI is InChI=1S/C26H24N2O5/c1-32-21-14-19(29)12-13-20(21)23-22-24(33-28(23)16-18-10-6-3-7-11-18)26(31)27(25(22)30)15-17-8-4-2-5-9-17/h2-14,22-24,29H,15-16H2,1H3. The first-order valence-corrected chi connectivity index (χ1v) is 10.8. The number of nitrogens with zero attached hydrogens (tertiary/aromatic N) is 2. The zero-order chi connectivity index (χ0) is 22.9. The van der Waals surface area contributed by atoms with Crippen LogP contribution in [0.2, 0.25) is 0 Å². The van der Waals surface area contributed by atoms with E-state index in [0.29, 0.717) is 17.9 Å². The van der Waals surface area contributed by atoms with Gasteiger partial charge in [0.05, 0.1) is 25.6 Å². The molecule has 2 aliphatic rings. The number of ether oxygens (including phenoxy) is 1. The second-order valence-electron chi connectivity index (χ2n) is 8.23. The van der Waals surface area contributed by atoms with Crippen molar-refractivity contribution >= 4 is 11.8 Å². The molecular weight excluding hydrogens is 420 g/mol. The van der Waals surface area contributed by atoms with Gasteiger partial charge < -0.3 is 9.84 Å². The van der Waals surface area contributed by atoms with Gasteiger partial charge in [-0.05, 0) is 23.3 Å². The summed E-state index contributed by atoms with van der Waals surface area (Å²) >= 11 is 0. The van der Waals surface area contributed by atoms with Gasteiger partial charge in [0.25, 0.3) is 5.91 Å². The maximum absolute atomic E-state index is 13.6. The summed E-state index contributed by atoms with van der Waals surface area (Å²) in [7, 11) is 1.51. The zero-order valence-electron chi connectivity index (χ0n) is 18.1. The highest BCUT2D eigenvalue weighted by molar-refractivity contribution is 6.07. The molecule has 0 saturated carbocycles. The number of carbonyl (C=O) groups excluding carboxylic acids is 2. The summed E-state index contributed by atoms with van der Waals surface area (Å²) in [6.45, 7) is 0.592. The van der Waals surface area contributed by atoms with E-state index in [2.05, 4.69) is 0 Å². The van der Waals surface area contributed by atoms with E-state index in [1.54, 1.807) is 17.2 Å². The molecule has 3 aromatic carbocycles. The Kier molecular flexibility index (Phi) is 5.58. The van der Waals surface area contributed by atoms with E-state index in [1.807, 2.05) is 60.7 Å². The van der Waals surface area contributed by atoms with Crippen LogP contribution in [0.1, 0.15) is 22.7 Å². The lowest BCUT2D eigenvalue weighted by atomic mass is 9.90. The topological polar surface area (TPSA) is 79.3 Å². The van der Waals surface area contributed by atoms with Crippen LogP contribution in [0.5, 0.6) is 11.5 Å². The molecule has 2 amide bonds. The summed E-state index contributed by atoms with van der Waals surface area (Å²) in [5, 5.41) is 11.6. The second kappa shape index (κ2) is 8.69. The molecule has 33 heavy (non-hydrogen) atoms. The average molecular weight is 444 g/mol. The van der Waals surface area contributed by atoms with Gasteiger partial charge in [-0.1, -0.05) is 60.7 Å². The minimum Gasteiger partial charge on any atom is -0.508 e. The van der Waals surface area contributed by atoms with Crippen molar-refractivity contribution in [1.29, 1.82) is 0 Å². The molecule has 2 fully saturated rings. The van der Waals surface area contributed by atoms with Crippen molar-refractivity contribution in [1.82, 2.24) is 9.96 Å². The number of rotatable bonds is 6. The summed E-state index contributed by atoms with van der Waals surface area (Å²) in [6, 6.07) is 23.4. The van der Waals surface area contributed by atoms with Gasteiger partial charge in [0.2, 0.25) is 5.91 Å². The summed E-state index contributed by atoms with van der Waals surface area (Å²) < 4.78 is 5.52. The molecule has 3 aromatic rings. The number of carbonyl (C=O) groups is 2. The normalized spacial score (nSPS) is 22.6. The minimum atomic E-state index is -0.909. The molecule has 2 saturated heterocycles. The van der Waals surface area contributed by atoms with Crippen molar-refractivity contribution in [3.05, 3.63) is 95.6 Å². The third kappa shape index (κ3) is 3.86. The zero-order valence-corrected chi connectivity index (χ0v) is 18.1. The minimum absolute atomic E-state index is 0.0557. The highest BCUT2D eigenvalue weighted by Crippen LogP contribution is 2.48. The maximum Gasteiger partial charge on any atom is 0.261 e. The molecule has 0 bridgehead atoms. The van der Waals surface area contributed by atoms with Gasteiger partial charge in [-0.3, -0.25) is 19.3 Å². The van der Waals surface area contributed by atoms with Crippen LogP contribution in [0.3, 0.4) is 0 Å². The van der Waals surface area contributed by atoms with Crippen molar-refractivity contribution < 1.29 is 24.3 Å². The first-order valence-electron chi connectivity index (χ1n) is 10.8. The quantitative estimate of drug-likeness (QED) is 0.587. The molecule has 3 atom stereocenters. The van der Waals surface area contributed by atoms with Crippen LogP contribution >= 0.6 is 0 Å². The number of amides is 2. The number of methoxy groups -OCH3 is 1. The number of benzene rings is 3. The predicted octanol–water partition coefficient (Wildman–Crippen LogP) is 3.44. The fourth-order valence-corrected chi connectivity index (χ4v) is 4.64. The molecule has 2 heterocycles. The van der Waals surface area contributed by atoms with Crippen LogP contribution in [0.15, 0.2) is 78.9 Å². The van der Waals surface area contributed by atoms with E-state index in [1.165, 1.54) is 18.1 Å². The van der Waals surface area contributed by atoms with Crippen LogP contribution in [0, 0.1) is 5.92 Å². The molecule has 0 radical (unpaired) electrons. The van der Waals surface area contributed by atoms with Crippen molar-refractivity contribution in [3.8, 4) is 11.5 Å². The Morgan fingerprint density at radius 2 is 1.52 bits per heavy atom. The lowest BCUT2D eigenvalue weighted by Crippen LogP contribution is -2.36. The van der Waals surface area contributed by atoms with E-state index in [-0.39, 0.29) is 24.1 Å². The molecule has 5 rings (SSSR count). The van der Waals surface area contributed by atoms with Gasteiger partial charge in [-0.25, -0.2) is 0 Å². The Morgan fingerprint density at radius 1 is 0.879 bits per heavy atom. The highest BCUT2D eigenvalue weighted by atomic mass is 16.7. The number of fused-ring (bicyclic) bond motifs is 1. The van der Waals surface area contributed by atoms with E-state index in [4.69, 9.17) is 9.57 Å². The largest absolute Gasteiger partial charge is 0.508 e. The van der Waals surface area contributed by atoms with Gasteiger partial charge >= 0.3 is 0 Å². The number of phenols is 1. The van der Waals surface area contributed by atoms with Crippen LogP contribution in [0.4, 0.5) is 0 Å². The molecule has 7 nitrogen and oxygen atoms in total. The van der Waals surface area contributed by atoms with E-state index in [9.17, 15) is 14.7 Å². The van der Waals surface area contributed by atoms with Crippen molar-refractivity contribution in [2.24, 2.45) is 5.92 Å². The van der Waals surface area contributed by atoms with Crippen LogP contribution < -0.4 is 4.74 Å². The number of likely N-dealkylation sites (tertiary alicyclic amines) is 1.